The Morgan fingerprint density at radius 2 is 1.72 bits per heavy atom. The number of carbonyl (C=O) groups excluding carboxylic acids is 1. The number of hydrogen-bond acceptors (Lipinski definition) is 4. The molecule has 1 aromatic rings. The number of thiophene rings is 1. The van der Waals surface area contributed by atoms with E-state index in [1.807, 2.05) is 20.8 Å². The van der Waals surface area contributed by atoms with E-state index in [9.17, 15) is 4.79 Å². The Balaban J connectivity index is 3.17. The predicted molar refractivity (Wildman–Crippen MR) is 80.3 cm³/mol. The molecule has 1 heterocycles. The topological polar surface area (TPSA) is 52.3 Å². The van der Waals surface area contributed by atoms with E-state index >= 15 is 0 Å². The van der Waals surface area contributed by atoms with Crippen LogP contribution in [0.1, 0.15) is 56.1 Å². The van der Waals surface area contributed by atoms with Crippen molar-refractivity contribution < 1.29 is 9.53 Å². The zero-order valence-electron chi connectivity index (χ0n) is 11.7. The van der Waals surface area contributed by atoms with Crippen molar-refractivity contribution in [3.05, 3.63) is 14.2 Å². The molecule has 18 heavy (non-hydrogen) atoms. The summed E-state index contributed by atoms with van der Waals surface area (Å²) in [7, 11) is 0. The molecule has 0 radical (unpaired) electrons. The van der Waals surface area contributed by atoms with Crippen LogP contribution in [-0.4, -0.2) is 11.6 Å². The summed E-state index contributed by atoms with van der Waals surface area (Å²) < 4.78 is 6.16. The van der Waals surface area contributed by atoms with Crippen molar-refractivity contribution in [1.82, 2.24) is 0 Å². The lowest BCUT2D eigenvalue weighted by Crippen LogP contribution is -2.23. The van der Waals surface area contributed by atoms with Gasteiger partial charge in [0.2, 0.25) is 0 Å². The van der Waals surface area contributed by atoms with Crippen LogP contribution >= 0.6 is 27.3 Å². The van der Waals surface area contributed by atoms with Gasteiger partial charge in [-0.25, -0.2) is 4.79 Å². The molecule has 0 fully saturated rings. The molecule has 1 rings (SSSR count). The summed E-state index contributed by atoms with van der Waals surface area (Å²) >= 11 is 4.86. The maximum absolute atomic E-state index is 12.1. The van der Waals surface area contributed by atoms with Crippen LogP contribution in [0.5, 0.6) is 0 Å². The molecule has 0 aliphatic heterocycles. The molecule has 0 saturated carbocycles. The maximum Gasteiger partial charge on any atom is 0.351 e. The minimum absolute atomic E-state index is 0.0577. The molecular formula is C13H20BrNO2S. The number of hydrogen-bond donors (Lipinski definition) is 1. The highest BCUT2D eigenvalue weighted by Gasteiger charge is 2.29. The fraction of sp³-hybridized carbons (Fsp3) is 0.615. The largest absolute Gasteiger partial charge is 0.456 e. The molecule has 0 unspecified atom stereocenters. The van der Waals surface area contributed by atoms with E-state index in [0.717, 1.165) is 9.35 Å². The number of nitrogen functional groups attached to an aromatic ring is 1. The molecule has 0 aliphatic rings. The Morgan fingerprint density at radius 3 is 2.06 bits per heavy atom. The Morgan fingerprint density at radius 1 is 1.22 bits per heavy atom. The molecular weight excluding hydrogens is 314 g/mol. The van der Waals surface area contributed by atoms with Gasteiger partial charge < -0.3 is 10.5 Å². The fourth-order valence-corrected chi connectivity index (χ4v) is 3.60. The van der Waals surface area contributed by atoms with Crippen LogP contribution in [0.25, 0.3) is 0 Å². The second kappa shape index (κ2) is 4.85. The van der Waals surface area contributed by atoms with Gasteiger partial charge in [-0.3, -0.25) is 0 Å². The van der Waals surface area contributed by atoms with Gasteiger partial charge in [0.25, 0.3) is 0 Å². The average molecular weight is 334 g/mol. The summed E-state index contributed by atoms with van der Waals surface area (Å²) in [6.45, 7) is 11.8. The Hall–Kier alpha value is -0.550. The summed E-state index contributed by atoms with van der Waals surface area (Å²) in [6.07, 6.45) is 0. The first-order valence-electron chi connectivity index (χ1n) is 5.75. The second-order valence-electron chi connectivity index (χ2n) is 6.24. The maximum atomic E-state index is 12.1. The first-order valence-corrected chi connectivity index (χ1v) is 7.36. The van der Waals surface area contributed by atoms with Crippen molar-refractivity contribution in [2.24, 2.45) is 0 Å². The molecule has 0 aliphatic carbocycles. The molecule has 0 aromatic carbocycles. The van der Waals surface area contributed by atoms with E-state index in [0.29, 0.717) is 10.6 Å². The third-order valence-corrected chi connectivity index (χ3v) is 4.85. The third kappa shape index (κ3) is 3.48. The Bertz CT molecular complexity index is 467. The smallest absolute Gasteiger partial charge is 0.351 e. The van der Waals surface area contributed by atoms with Gasteiger partial charge in [-0.1, -0.05) is 20.8 Å². The predicted octanol–water partition coefficient (Wildman–Crippen LogP) is 4.35. The Kier molecular flexibility index (Phi) is 4.18. The summed E-state index contributed by atoms with van der Waals surface area (Å²) in [5.41, 5.74) is 5.88. The highest BCUT2D eigenvalue weighted by atomic mass is 79.9. The minimum atomic E-state index is -0.512. The molecule has 0 atom stereocenters. The van der Waals surface area contributed by atoms with Gasteiger partial charge in [0, 0.05) is 4.88 Å². The Labute approximate surface area is 121 Å². The zero-order valence-corrected chi connectivity index (χ0v) is 14.1. The first-order chi connectivity index (χ1) is 7.93. The highest BCUT2D eigenvalue weighted by Crippen LogP contribution is 2.42. The van der Waals surface area contributed by atoms with Gasteiger partial charge in [0.1, 0.15) is 10.5 Å². The number of halogens is 1. The second-order valence-corrected chi connectivity index (χ2v) is 8.05. The van der Waals surface area contributed by atoms with Crippen LogP contribution in [0, 0.1) is 0 Å². The lowest BCUT2D eigenvalue weighted by Gasteiger charge is -2.19. The van der Waals surface area contributed by atoms with Gasteiger partial charge in [0.05, 0.1) is 10.2 Å². The molecule has 102 valence electrons. The van der Waals surface area contributed by atoms with Gasteiger partial charge in [-0.05, 0) is 42.1 Å². The number of esters is 1. The van der Waals surface area contributed by atoms with E-state index in [-0.39, 0.29) is 11.4 Å². The van der Waals surface area contributed by atoms with E-state index in [1.54, 1.807) is 0 Å². The van der Waals surface area contributed by atoms with E-state index in [4.69, 9.17) is 10.5 Å². The summed E-state index contributed by atoms with van der Waals surface area (Å²) in [5, 5.41) is 0. The van der Waals surface area contributed by atoms with Crippen LogP contribution in [0.3, 0.4) is 0 Å². The monoisotopic (exact) mass is 333 g/mol. The van der Waals surface area contributed by atoms with E-state index < -0.39 is 5.60 Å². The van der Waals surface area contributed by atoms with E-state index in [2.05, 4.69) is 36.7 Å². The van der Waals surface area contributed by atoms with Crippen molar-refractivity contribution in [3.63, 3.8) is 0 Å². The molecule has 0 bridgehead atoms. The summed E-state index contributed by atoms with van der Waals surface area (Å²) in [4.78, 5) is 13.6. The van der Waals surface area contributed by atoms with Crippen molar-refractivity contribution >= 4 is 38.9 Å². The number of anilines is 1. The molecule has 0 saturated heterocycles. The van der Waals surface area contributed by atoms with E-state index in [1.165, 1.54) is 11.3 Å². The van der Waals surface area contributed by atoms with Gasteiger partial charge in [0.15, 0.2) is 0 Å². The molecule has 3 nitrogen and oxygen atoms in total. The van der Waals surface area contributed by atoms with Crippen molar-refractivity contribution in [2.45, 2.75) is 52.6 Å². The standard InChI is InChI=1S/C13H20BrNO2S/c1-12(2,3)10-7(14)8(15)9(18-10)11(16)17-13(4,5)6/h15H2,1-6H3. The molecule has 0 spiro atoms. The van der Waals surface area contributed by atoms with Crippen LogP contribution in [0.4, 0.5) is 5.69 Å². The van der Waals surface area contributed by atoms with Gasteiger partial charge in [-0.15, -0.1) is 11.3 Å². The number of carbonyl (C=O) groups is 1. The number of nitrogens with two attached hydrogens (primary N) is 1. The third-order valence-electron chi connectivity index (χ3n) is 2.15. The lowest BCUT2D eigenvalue weighted by atomic mass is 9.94. The zero-order chi connectivity index (χ0) is 14.3. The van der Waals surface area contributed by atoms with Crippen molar-refractivity contribution in [2.75, 3.05) is 5.73 Å². The minimum Gasteiger partial charge on any atom is -0.456 e. The molecule has 2 N–H and O–H groups in total. The number of ether oxygens (including phenoxy) is 1. The summed E-state index contributed by atoms with van der Waals surface area (Å²) in [6, 6.07) is 0. The molecule has 0 amide bonds. The summed E-state index contributed by atoms with van der Waals surface area (Å²) in [5.74, 6) is -0.360. The van der Waals surface area contributed by atoms with Gasteiger partial charge in [-0.2, -0.15) is 0 Å². The quantitative estimate of drug-likeness (QED) is 0.777. The van der Waals surface area contributed by atoms with Crippen molar-refractivity contribution in [1.29, 1.82) is 0 Å². The van der Waals surface area contributed by atoms with Crippen LogP contribution in [-0.2, 0) is 10.2 Å². The number of rotatable bonds is 1. The fourth-order valence-electron chi connectivity index (χ4n) is 1.38. The van der Waals surface area contributed by atoms with Crippen molar-refractivity contribution in [3.8, 4) is 0 Å². The van der Waals surface area contributed by atoms with Crippen LogP contribution in [0.2, 0.25) is 0 Å². The van der Waals surface area contributed by atoms with Crippen LogP contribution < -0.4 is 5.73 Å². The van der Waals surface area contributed by atoms with Crippen LogP contribution in [0.15, 0.2) is 4.47 Å². The normalized spacial score (nSPS) is 12.6. The highest BCUT2D eigenvalue weighted by molar-refractivity contribution is 9.10. The molecule has 1 aromatic heterocycles. The molecule has 5 heteroatoms. The first kappa shape index (κ1) is 15.5. The SMILES string of the molecule is CC(C)(C)OC(=O)c1sc(C(C)(C)C)c(Br)c1N. The van der Waals surface area contributed by atoms with Gasteiger partial charge >= 0.3 is 5.97 Å². The lowest BCUT2D eigenvalue weighted by molar-refractivity contribution is 0.00764. The average Bonchev–Trinajstić information content (AvgIpc) is 2.40.